The van der Waals surface area contributed by atoms with E-state index >= 15 is 0 Å². The maximum atomic E-state index is 3.67. The smallest absolute Gasteiger partial charge is 0.0116 e. The number of nitrogens with zero attached hydrogens (tertiary/aromatic N) is 1. The van der Waals surface area contributed by atoms with Crippen LogP contribution in [0.3, 0.4) is 0 Å². The molecule has 2 aliphatic rings. The van der Waals surface area contributed by atoms with Gasteiger partial charge in [0.05, 0.1) is 0 Å². The van der Waals surface area contributed by atoms with E-state index in [0.29, 0.717) is 11.5 Å². The summed E-state index contributed by atoms with van der Waals surface area (Å²) in [4.78, 5) is 2.68. The lowest BCUT2D eigenvalue weighted by atomic mass is 9.87. The van der Waals surface area contributed by atoms with Gasteiger partial charge < -0.3 is 5.32 Å². The minimum absolute atomic E-state index is 0.415. The summed E-state index contributed by atoms with van der Waals surface area (Å²) in [5.74, 6) is 0.894. The van der Waals surface area contributed by atoms with Crippen molar-refractivity contribution in [1.29, 1.82) is 0 Å². The molecular formula is C14H28N2. The molecule has 0 amide bonds. The van der Waals surface area contributed by atoms with E-state index in [1.54, 1.807) is 0 Å². The molecule has 0 radical (unpaired) electrons. The third-order valence-corrected chi connectivity index (χ3v) is 4.39. The molecule has 0 aromatic heterocycles. The molecule has 0 aromatic rings. The molecule has 2 unspecified atom stereocenters. The van der Waals surface area contributed by atoms with E-state index in [2.05, 4.69) is 37.9 Å². The van der Waals surface area contributed by atoms with Gasteiger partial charge in [-0.25, -0.2) is 0 Å². The highest BCUT2D eigenvalue weighted by Crippen LogP contribution is 2.29. The molecule has 1 aliphatic heterocycles. The van der Waals surface area contributed by atoms with Crippen LogP contribution in [-0.2, 0) is 0 Å². The van der Waals surface area contributed by atoms with Crippen molar-refractivity contribution in [3.8, 4) is 0 Å². The summed E-state index contributed by atoms with van der Waals surface area (Å²) in [6, 6.07) is 1.58. The van der Waals surface area contributed by atoms with Crippen LogP contribution in [0.15, 0.2) is 0 Å². The molecule has 0 aromatic carbocycles. The molecule has 2 nitrogen and oxygen atoms in total. The quantitative estimate of drug-likeness (QED) is 0.789. The Morgan fingerprint density at radius 2 is 1.94 bits per heavy atom. The number of hydrogen-bond acceptors (Lipinski definition) is 2. The fraction of sp³-hybridized carbons (Fsp3) is 1.00. The summed E-state index contributed by atoms with van der Waals surface area (Å²) < 4.78 is 0. The molecule has 2 atom stereocenters. The third-order valence-electron chi connectivity index (χ3n) is 4.39. The van der Waals surface area contributed by atoms with E-state index in [-0.39, 0.29) is 0 Å². The SMILES string of the molecule is CC(N1CCC(CNC2CC2)C1)C(C)(C)C. The highest BCUT2D eigenvalue weighted by Gasteiger charge is 2.32. The van der Waals surface area contributed by atoms with Crippen LogP contribution in [-0.4, -0.2) is 36.6 Å². The number of nitrogens with one attached hydrogen (secondary N) is 1. The Kier molecular flexibility index (Phi) is 3.60. The second-order valence-electron chi connectivity index (χ2n) is 6.87. The Hall–Kier alpha value is -0.0800. The fourth-order valence-electron chi connectivity index (χ4n) is 2.55. The van der Waals surface area contributed by atoms with Crippen molar-refractivity contribution < 1.29 is 0 Å². The number of hydrogen-bond donors (Lipinski definition) is 1. The zero-order valence-electron chi connectivity index (χ0n) is 11.4. The molecule has 1 heterocycles. The normalized spacial score (nSPS) is 29.6. The Morgan fingerprint density at radius 3 is 2.50 bits per heavy atom. The maximum Gasteiger partial charge on any atom is 0.0116 e. The molecule has 1 aliphatic carbocycles. The Labute approximate surface area is 101 Å². The minimum atomic E-state index is 0.415. The topological polar surface area (TPSA) is 15.3 Å². The molecule has 1 saturated carbocycles. The van der Waals surface area contributed by atoms with Gasteiger partial charge in [-0.15, -0.1) is 0 Å². The first-order valence-corrected chi connectivity index (χ1v) is 6.94. The van der Waals surface area contributed by atoms with E-state index in [1.807, 2.05) is 0 Å². The van der Waals surface area contributed by atoms with Gasteiger partial charge in [0.1, 0.15) is 0 Å². The van der Waals surface area contributed by atoms with Gasteiger partial charge in [0.15, 0.2) is 0 Å². The molecule has 0 spiro atoms. The zero-order chi connectivity index (χ0) is 11.8. The van der Waals surface area contributed by atoms with Crippen LogP contribution in [0.2, 0.25) is 0 Å². The summed E-state index contributed by atoms with van der Waals surface area (Å²) >= 11 is 0. The van der Waals surface area contributed by atoms with Gasteiger partial charge in [0.2, 0.25) is 0 Å². The highest BCUT2D eigenvalue weighted by atomic mass is 15.2. The van der Waals surface area contributed by atoms with E-state index < -0.39 is 0 Å². The second kappa shape index (κ2) is 4.66. The standard InChI is InChI=1S/C14H28N2/c1-11(14(2,3)4)16-8-7-12(10-16)9-15-13-5-6-13/h11-13,15H,5-10H2,1-4H3. The van der Waals surface area contributed by atoms with Crippen molar-refractivity contribution in [2.24, 2.45) is 11.3 Å². The van der Waals surface area contributed by atoms with Crippen LogP contribution < -0.4 is 5.32 Å². The van der Waals surface area contributed by atoms with E-state index in [4.69, 9.17) is 0 Å². The van der Waals surface area contributed by atoms with Crippen molar-refractivity contribution in [3.63, 3.8) is 0 Å². The van der Waals surface area contributed by atoms with Gasteiger partial charge in [-0.2, -0.15) is 0 Å². The van der Waals surface area contributed by atoms with Crippen molar-refractivity contribution in [3.05, 3.63) is 0 Å². The molecule has 1 N–H and O–H groups in total. The zero-order valence-corrected chi connectivity index (χ0v) is 11.4. The molecular weight excluding hydrogens is 196 g/mol. The minimum Gasteiger partial charge on any atom is -0.314 e. The van der Waals surface area contributed by atoms with E-state index in [1.165, 1.54) is 38.9 Å². The van der Waals surface area contributed by atoms with Gasteiger partial charge in [-0.05, 0) is 50.6 Å². The lowest BCUT2D eigenvalue weighted by Gasteiger charge is -2.35. The first-order valence-electron chi connectivity index (χ1n) is 6.94. The molecule has 94 valence electrons. The van der Waals surface area contributed by atoms with Gasteiger partial charge in [-0.3, -0.25) is 4.90 Å². The molecule has 16 heavy (non-hydrogen) atoms. The van der Waals surface area contributed by atoms with Crippen LogP contribution >= 0.6 is 0 Å². The third kappa shape index (κ3) is 3.21. The van der Waals surface area contributed by atoms with Gasteiger partial charge in [-0.1, -0.05) is 20.8 Å². The number of rotatable bonds is 4. The predicted octanol–water partition coefficient (Wildman–Crippen LogP) is 2.49. The average molecular weight is 224 g/mol. The Balaban J connectivity index is 1.73. The van der Waals surface area contributed by atoms with E-state index in [0.717, 1.165) is 12.0 Å². The van der Waals surface area contributed by atoms with E-state index in [9.17, 15) is 0 Å². The summed E-state index contributed by atoms with van der Waals surface area (Å²) in [6.07, 6.45) is 4.21. The van der Waals surface area contributed by atoms with Gasteiger partial charge >= 0.3 is 0 Å². The largest absolute Gasteiger partial charge is 0.314 e. The van der Waals surface area contributed by atoms with Gasteiger partial charge in [0.25, 0.3) is 0 Å². The monoisotopic (exact) mass is 224 g/mol. The molecule has 2 fully saturated rings. The maximum absolute atomic E-state index is 3.67. The summed E-state index contributed by atoms with van der Waals surface area (Å²) in [7, 11) is 0. The van der Waals surface area contributed by atoms with Crippen molar-refractivity contribution in [2.75, 3.05) is 19.6 Å². The first kappa shape index (κ1) is 12.4. The van der Waals surface area contributed by atoms with Crippen molar-refractivity contribution >= 4 is 0 Å². The molecule has 1 saturated heterocycles. The van der Waals surface area contributed by atoms with Crippen LogP contribution in [0.4, 0.5) is 0 Å². The average Bonchev–Trinajstić information content (AvgIpc) is 2.91. The second-order valence-corrected chi connectivity index (χ2v) is 6.87. The molecule has 2 rings (SSSR count). The van der Waals surface area contributed by atoms with Crippen LogP contribution in [0.5, 0.6) is 0 Å². The lowest BCUT2D eigenvalue weighted by Crippen LogP contribution is -2.41. The predicted molar refractivity (Wildman–Crippen MR) is 69.6 cm³/mol. The Bertz CT molecular complexity index is 227. The highest BCUT2D eigenvalue weighted by molar-refractivity contribution is 4.88. The summed E-state index contributed by atoms with van der Waals surface area (Å²) in [5.41, 5.74) is 0.415. The van der Waals surface area contributed by atoms with Crippen molar-refractivity contribution in [2.45, 2.75) is 59.0 Å². The summed E-state index contributed by atoms with van der Waals surface area (Å²) in [5, 5.41) is 3.67. The van der Waals surface area contributed by atoms with Crippen LogP contribution in [0.1, 0.15) is 47.0 Å². The lowest BCUT2D eigenvalue weighted by molar-refractivity contribution is 0.135. The summed E-state index contributed by atoms with van der Waals surface area (Å²) in [6.45, 7) is 13.3. The molecule has 0 bridgehead atoms. The fourth-order valence-corrected chi connectivity index (χ4v) is 2.55. The van der Waals surface area contributed by atoms with Crippen LogP contribution in [0, 0.1) is 11.3 Å². The van der Waals surface area contributed by atoms with Crippen LogP contribution in [0.25, 0.3) is 0 Å². The van der Waals surface area contributed by atoms with Crippen molar-refractivity contribution in [1.82, 2.24) is 10.2 Å². The first-order chi connectivity index (χ1) is 7.47. The molecule has 2 heteroatoms. The van der Waals surface area contributed by atoms with Gasteiger partial charge in [0, 0.05) is 18.6 Å². The Morgan fingerprint density at radius 1 is 1.25 bits per heavy atom. The number of likely N-dealkylation sites (tertiary alicyclic amines) is 1.